The fourth-order valence-electron chi connectivity index (χ4n) is 1.31. The van der Waals surface area contributed by atoms with Gasteiger partial charge in [0, 0.05) is 5.56 Å². The van der Waals surface area contributed by atoms with Gasteiger partial charge in [0.25, 0.3) is 0 Å². The van der Waals surface area contributed by atoms with Crippen LogP contribution in [0.1, 0.15) is 25.0 Å². The number of hydrogen-bond acceptors (Lipinski definition) is 1. The molecule has 1 aromatic rings. The van der Waals surface area contributed by atoms with Crippen LogP contribution in [-0.2, 0) is 0 Å². The van der Waals surface area contributed by atoms with Crippen molar-refractivity contribution in [2.45, 2.75) is 20.0 Å². The minimum atomic E-state index is 0.175. The zero-order chi connectivity index (χ0) is 10.6. The maximum atomic E-state index is 5.66. The highest BCUT2D eigenvalue weighted by Crippen LogP contribution is 2.25. The molecule has 1 aromatic carbocycles. The SMILES string of the molecule is C=Cc1cccc(OC(C)C)c1C=C. The summed E-state index contributed by atoms with van der Waals surface area (Å²) in [6.45, 7) is 11.6. The first-order valence-corrected chi connectivity index (χ1v) is 4.73. The lowest BCUT2D eigenvalue weighted by atomic mass is 10.1. The zero-order valence-electron chi connectivity index (χ0n) is 8.79. The molecule has 0 unspecified atom stereocenters. The van der Waals surface area contributed by atoms with Gasteiger partial charge in [0.15, 0.2) is 0 Å². The Kier molecular flexibility index (Phi) is 3.52. The second kappa shape index (κ2) is 4.66. The summed E-state index contributed by atoms with van der Waals surface area (Å²) in [5.74, 6) is 0.868. The minimum absolute atomic E-state index is 0.175. The maximum absolute atomic E-state index is 5.66. The molecule has 0 aliphatic heterocycles. The van der Waals surface area contributed by atoms with Crippen LogP contribution >= 0.6 is 0 Å². The van der Waals surface area contributed by atoms with E-state index in [1.165, 1.54) is 0 Å². The Bertz CT molecular complexity index is 337. The van der Waals surface area contributed by atoms with Gasteiger partial charge in [0.1, 0.15) is 5.75 Å². The largest absolute Gasteiger partial charge is 0.490 e. The molecule has 0 bridgehead atoms. The molecule has 0 amide bonds. The number of ether oxygens (including phenoxy) is 1. The summed E-state index contributed by atoms with van der Waals surface area (Å²) in [5.41, 5.74) is 2.06. The highest BCUT2D eigenvalue weighted by molar-refractivity contribution is 5.68. The summed E-state index contributed by atoms with van der Waals surface area (Å²) in [6.07, 6.45) is 3.78. The lowest BCUT2D eigenvalue weighted by Gasteiger charge is -2.13. The lowest BCUT2D eigenvalue weighted by molar-refractivity contribution is 0.242. The van der Waals surface area contributed by atoms with Crippen molar-refractivity contribution >= 4 is 12.2 Å². The van der Waals surface area contributed by atoms with Crippen molar-refractivity contribution in [2.24, 2.45) is 0 Å². The van der Waals surface area contributed by atoms with Gasteiger partial charge in [-0.1, -0.05) is 37.4 Å². The van der Waals surface area contributed by atoms with Crippen molar-refractivity contribution in [3.63, 3.8) is 0 Å². The van der Waals surface area contributed by atoms with E-state index in [1.54, 1.807) is 6.08 Å². The summed E-state index contributed by atoms with van der Waals surface area (Å²) in [5, 5.41) is 0. The van der Waals surface area contributed by atoms with Crippen molar-refractivity contribution in [3.8, 4) is 5.75 Å². The van der Waals surface area contributed by atoms with Crippen LogP contribution in [0.5, 0.6) is 5.75 Å². The average molecular weight is 188 g/mol. The van der Waals surface area contributed by atoms with Gasteiger partial charge >= 0.3 is 0 Å². The molecule has 1 heteroatoms. The molecule has 0 radical (unpaired) electrons. The summed E-state index contributed by atoms with van der Waals surface area (Å²) in [6, 6.07) is 5.91. The number of benzene rings is 1. The van der Waals surface area contributed by atoms with Crippen LogP contribution in [0.25, 0.3) is 12.2 Å². The molecule has 0 heterocycles. The predicted molar refractivity (Wildman–Crippen MR) is 62.4 cm³/mol. The summed E-state index contributed by atoms with van der Waals surface area (Å²) < 4.78 is 5.66. The molecule has 0 aromatic heterocycles. The van der Waals surface area contributed by atoms with Crippen molar-refractivity contribution in [1.82, 2.24) is 0 Å². The molecule has 1 rings (SSSR count). The van der Waals surface area contributed by atoms with E-state index in [4.69, 9.17) is 4.74 Å². The molecule has 0 atom stereocenters. The van der Waals surface area contributed by atoms with Crippen LogP contribution in [0, 0.1) is 0 Å². The highest BCUT2D eigenvalue weighted by Gasteiger charge is 2.05. The smallest absolute Gasteiger partial charge is 0.127 e. The first-order chi connectivity index (χ1) is 6.69. The van der Waals surface area contributed by atoms with E-state index in [0.717, 1.165) is 16.9 Å². The second-order valence-electron chi connectivity index (χ2n) is 3.33. The monoisotopic (exact) mass is 188 g/mol. The molecule has 0 aliphatic carbocycles. The van der Waals surface area contributed by atoms with Crippen molar-refractivity contribution in [2.75, 3.05) is 0 Å². The average Bonchev–Trinajstić information content (AvgIpc) is 2.16. The molecule has 0 saturated heterocycles. The number of rotatable bonds is 4. The van der Waals surface area contributed by atoms with Gasteiger partial charge in [0.05, 0.1) is 6.10 Å². The van der Waals surface area contributed by atoms with Crippen molar-refractivity contribution in [3.05, 3.63) is 42.5 Å². The van der Waals surface area contributed by atoms with Crippen LogP contribution in [-0.4, -0.2) is 6.10 Å². The standard InChI is InChI=1S/C13H16O/c1-5-11-8-7-9-13(12(11)6-2)14-10(3)4/h5-10H,1-2H2,3-4H3. The topological polar surface area (TPSA) is 9.23 Å². The molecule has 74 valence electrons. The van der Waals surface area contributed by atoms with E-state index >= 15 is 0 Å². The second-order valence-corrected chi connectivity index (χ2v) is 3.33. The Morgan fingerprint density at radius 2 is 1.93 bits per heavy atom. The first kappa shape index (κ1) is 10.6. The summed E-state index contributed by atoms with van der Waals surface area (Å²) in [7, 11) is 0. The maximum Gasteiger partial charge on any atom is 0.127 e. The van der Waals surface area contributed by atoms with Gasteiger partial charge in [0.2, 0.25) is 0 Å². The molecule has 0 saturated carbocycles. The van der Waals surface area contributed by atoms with E-state index < -0.39 is 0 Å². The van der Waals surface area contributed by atoms with Crippen LogP contribution in [0.2, 0.25) is 0 Å². The van der Waals surface area contributed by atoms with Gasteiger partial charge in [-0.25, -0.2) is 0 Å². The first-order valence-electron chi connectivity index (χ1n) is 4.73. The van der Waals surface area contributed by atoms with E-state index in [-0.39, 0.29) is 6.10 Å². The fraction of sp³-hybridized carbons (Fsp3) is 0.231. The highest BCUT2D eigenvalue weighted by atomic mass is 16.5. The normalized spacial score (nSPS) is 9.93. The molecule has 14 heavy (non-hydrogen) atoms. The number of hydrogen-bond donors (Lipinski definition) is 0. The molecule has 0 fully saturated rings. The summed E-state index contributed by atoms with van der Waals surface area (Å²) in [4.78, 5) is 0. The van der Waals surface area contributed by atoms with E-state index in [9.17, 15) is 0 Å². The third-order valence-corrected chi connectivity index (χ3v) is 1.89. The van der Waals surface area contributed by atoms with Gasteiger partial charge < -0.3 is 4.74 Å². The van der Waals surface area contributed by atoms with E-state index in [1.807, 2.05) is 38.1 Å². The van der Waals surface area contributed by atoms with E-state index in [0.29, 0.717) is 0 Å². The van der Waals surface area contributed by atoms with Crippen LogP contribution in [0.4, 0.5) is 0 Å². The molecule has 0 spiro atoms. The Morgan fingerprint density at radius 1 is 1.21 bits per heavy atom. The van der Waals surface area contributed by atoms with Crippen LogP contribution in [0.15, 0.2) is 31.4 Å². The van der Waals surface area contributed by atoms with Gasteiger partial charge in [-0.05, 0) is 25.5 Å². The molecule has 0 aliphatic rings. The minimum Gasteiger partial charge on any atom is -0.490 e. The van der Waals surface area contributed by atoms with Crippen molar-refractivity contribution < 1.29 is 4.74 Å². The van der Waals surface area contributed by atoms with Crippen molar-refractivity contribution in [1.29, 1.82) is 0 Å². The Balaban J connectivity index is 3.14. The Labute approximate surface area is 85.7 Å². The Morgan fingerprint density at radius 3 is 2.43 bits per heavy atom. The predicted octanol–water partition coefficient (Wildman–Crippen LogP) is 3.76. The molecule has 0 N–H and O–H groups in total. The van der Waals surface area contributed by atoms with Crippen LogP contribution < -0.4 is 4.74 Å². The van der Waals surface area contributed by atoms with E-state index in [2.05, 4.69) is 13.2 Å². The molecular formula is C13H16O. The summed E-state index contributed by atoms with van der Waals surface area (Å²) >= 11 is 0. The zero-order valence-corrected chi connectivity index (χ0v) is 8.79. The van der Waals surface area contributed by atoms with Gasteiger partial charge in [-0.15, -0.1) is 0 Å². The van der Waals surface area contributed by atoms with Crippen LogP contribution in [0.3, 0.4) is 0 Å². The third-order valence-electron chi connectivity index (χ3n) is 1.89. The Hall–Kier alpha value is -1.50. The lowest BCUT2D eigenvalue weighted by Crippen LogP contribution is -2.06. The third kappa shape index (κ3) is 2.25. The quantitative estimate of drug-likeness (QED) is 0.699. The fourth-order valence-corrected chi connectivity index (χ4v) is 1.31. The van der Waals surface area contributed by atoms with Gasteiger partial charge in [-0.2, -0.15) is 0 Å². The molecule has 1 nitrogen and oxygen atoms in total. The van der Waals surface area contributed by atoms with Gasteiger partial charge in [-0.3, -0.25) is 0 Å². The molecular weight excluding hydrogens is 172 g/mol.